The van der Waals surface area contributed by atoms with E-state index < -0.39 is 6.04 Å². The van der Waals surface area contributed by atoms with Crippen LogP contribution < -0.4 is 4.90 Å². The summed E-state index contributed by atoms with van der Waals surface area (Å²) in [5, 5.41) is 9.70. The minimum atomic E-state index is -0.413. The van der Waals surface area contributed by atoms with Gasteiger partial charge in [-0.15, -0.1) is 0 Å². The van der Waals surface area contributed by atoms with E-state index in [0.717, 1.165) is 22.2 Å². The van der Waals surface area contributed by atoms with Crippen molar-refractivity contribution in [1.82, 2.24) is 4.57 Å². The van der Waals surface area contributed by atoms with Gasteiger partial charge in [0.15, 0.2) is 0 Å². The van der Waals surface area contributed by atoms with Gasteiger partial charge in [0.25, 0.3) is 0 Å². The summed E-state index contributed by atoms with van der Waals surface area (Å²) in [5.74, 6) is 0. The third kappa shape index (κ3) is 4.00. The average molecular weight is 616 g/mol. The number of hydrogen-bond donors (Lipinski definition) is 0. The van der Waals surface area contributed by atoms with Gasteiger partial charge >= 0.3 is 0 Å². The Morgan fingerprint density at radius 2 is 1.08 bits per heavy atom. The fourth-order valence-electron chi connectivity index (χ4n) is 7.57. The number of rotatable bonds is 5. The standard InChI is InChI=1S/C46H30N2/c1-4-12-34(13-5-1)47(35-14-6-2-7-15-35)37-25-20-31(21-26-37)38-27-22-32-23-29-41-45-33(24-28-39(38)44(32)45)30-43-46(41)40-18-10-11-19-42(40)48(43)36-16-8-3-9-17-36/h1-30H/i1D,4D,5D,12D,13D. The SMILES string of the molecule is [2H]c1c([2H])c([2H])c(N(c2ccccc2)c2ccc(-c3ccc4ccc5c6c(ccc3c46)cc3c5c4ccccc4n3-c3ccccc3)cc2)c([2H])c1[2H]. The zero-order chi connectivity index (χ0) is 36.0. The molecule has 0 saturated carbocycles. The van der Waals surface area contributed by atoms with Crippen LogP contribution in [0.3, 0.4) is 0 Å². The largest absolute Gasteiger partial charge is 0.311 e. The molecule has 0 amide bonds. The van der Waals surface area contributed by atoms with Crippen molar-refractivity contribution in [1.29, 1.82) is 0 Å². The summed E-state index contributed by atoms with van der Waals surface area (Å²) >= 11 is 0. The predicted octanol–water partition coefficient (Wildman–Crippen LogP) is 12.8. The first-order chi connectivity index (χ1) is 25.9. The molecule has 2 heteroatoms. The van der Waals surface area contributed by atoms with E-state index in [0.29, 0.717) is 11.4 Å². The molecule has 0 aliphatic rings. The monoisotopic (exact) mass is 615 g/mol. The van der Waals surface area contributed by atoms with Crippen LogP contribution in [0.1, 0.15) is 6.85 Å². The van der Waals surface area contributed by atoms with Gasteiger partial charge in [-0.1, -0.05) is 121 Å². The summed E-state index contributed by atoms with van der Waals surface area (Å²) in [4.78, 5) is 1.74. The third-order valence-corrected chi connectivity index (χ3v) is 9.59. The quantitative estimate of drug-likeness (QED) is 0.175. The number of para-hydroxylation sites is 4. The number of fused-ring (bicyclic) bond motifs is 4. The van der Waals surface area contributed by atoms with Crippen LogP contribution in [0, 0.1) is 0 Å². The number of hydrogen-bond acceptors (Lipinski definition) is 1. The summed E-state index contributed by atoms with van der Waals surface area (Å²) in [6.07, 6.45) is 0. The molecule has 1 heterocycles. The Bertz CT molecular complexity index is 3020. The lowest BCUT2D eigenvalue weighted by atomic mass is 9.88. The molecule has 0 aliphatic carbocycles. The van der Waals surface area contributed by atoms with Crippen LogP contribution >= 0.6 is 0 Å². The fraction of sp³-hybridized carbons (Fsp3) is 0. The first kappa shape index (κ1) is 22.2. The van der Waals surface area contributed by atoms with Gasteiger partial charge in [0.2, 0.25) is 0 Å². The lowest BCUT2D eigenvalue weighted by Gasteiger charge is -2.25. The molecule has 2 nitrogen and oxygen atoms in total. The summed E-state index contributed by atoms with van der Waals surface area (Å²) in [5.41, 5.74) is 7.10. The topological polar surface area (TPSA) is 8.17 Å². The van der Waals surface area contributed by atoms with E-state index in [1.807, 2.05) is 42.5 Å². The van der Waals surface area contributed by atoms with Crippen LogP contribution in [0.2, 0.25) is 0 Å². The molecule has 0 fully saturated rings. The molecule has 48 heavy (non-hydrogen) atoms. The minimum Gasteiger partial charge on any atom is -0.311 e. The second kappa shape index (κ2) is 10.6. The highest BCUT2D eigenvalue weighted by Crippen LogP contribution is 2.45. The van der Waals surface area contributed by atoms with E-state index in [-0.39, 0.29) is 29.9 Å². The molecule has 0 unspecified atom stereocenters. The van der Waals surface area contributed by atoms with Crippen LogP contribution in [-0.4, -0.2) is 4.57 Å². The average Bonchev–Trinajstić information content (AvgIpc) is 3.54. The predicted molar refractivity (Wildman–Crippen MR) is 205 cm³/mol. The van der Waals surface area contributed by atoms with Crippen molar-refractivity contribution in [2.24, 2.45) is 0 Å². The van der Waals surface area contributed by atoms with Crippen molar-refractivity contribution in [3.8, 4) is 16.8 Å². The van der Waals surface area contributed by atoms with E-state index >= 15 is 0 Å². The highest BCUT2D eigenvalue weighted by molar-refractivity contribution is 6.34. The first-order valence-electron chi connectivity index (χ1n) is 18.6. The molecule has 1 aromatic heterocycles. The van der Waals surface area contributed by atoms with Gasteiger partial charge < -0.3 is 9.47 Å². The number of benzene rings is 9. The maximum absolute atomic E-state index is 8.76. The van der Waals surface area contributed by atoms with Gasteiger partial charge in [-0.25, -0.2) is 0 Å². The Labute approximate surface area is 285 Å². The molecule has 224 valence electrons. The third-order valence-electron chi connectivity index (χ3n) is 9.59. The second-order valence-electron chi connectivity index (χ2n) is 12.2. The molecule has 9 aromatic carbocycles. The molecule has 0 N–H and O–H groups in total. The Hall–Kier alpha value is -6.38. The second-order valence-corrected chi connectivity index (χ2v) is 12.2. The van der Waals surface area contributed by atoms with Gasteiger partial charge in [-0.3, -0.25) is 0 Å². The van der Waals surface area contributed by atoms with Crippen molar-refractivity contribution in [2.75, 3.05) is 4.90 Å². The summed E-state index contributed by atoms with van der Waals surface area (Å²) < 4.78 is 44.8. The van der Waals surface area contributed by atoms with E-state index in [2.05, 4.69) is 114 Å². The maximum Gasteiger partial charge on any atom is 0.0645 e. The van der Waals surface area contributed by atoms with Gasteiger partial charge in [-0.2, -0.15) is 0 Å². The van der Waals surface area contributed by atoms with Crippen LogP contribution in [0.5, 0.6) is 0 Å². The molecule has 10 rings (SSSR count). The molecule has 0 radical (unpaired) electrons. The molecule has 0 aliphatic heterocycles. The number of aromatic nitrogens is 1. The zero-order valence-corrected chi connectivity index (χ0v) is 25.8. The molecule has 0 saturated heterocycles. The lowest BCUT2D eigenvalue weighted by Crippen LogP contribution is -2.09. The first-order valence-corrected chi connectivity index (χ1v) is 16.1. The van der Waals surface area contributed by atoms with Gasteiger partial charge in [0.05, 0.1) is 17.9 Å². The molecular weight excluding hydrogens is 581 g/mol. The molecular formula is C46H30N2. The van der Waals surface area contributed by atoms with E-state index in [1.165, 1.54) is 48.7 Å². The van der Waals surface area contributed by atoms with Gasteiger partial charge in [-0.05, 0) is 104 Å². The summed E-state index contributed by atoms with van der Waals surface area (Å²) in [6, 6.07) is 50.7. The number of anilines is 3. The molecule has 0 bridgehead atoms. The summed E-state index contributed by atoms with van der Waals surface area (Å²) in [7, 11) is 0. The number of nitrogens with zero attached hydrogens (tertiary/aromatic N) is 2. The van der Waals surface area contributed by atoms with E-state index in [9.17, 15) is 0 Å². The van der Waals surface area contributed by atoms with Crippen molar-refractivity contribution in [3.05, 3.63) is 182 Å². The van der Waals surface area contributed by atoms with Crippen molar-refractivity contribution in [3.63, 3.8) is 0 Å². The van der Waals surface area contributed by atoms with Crippen LogP contribution in [-0.2, 0) is 0 Å². The van der Waals surface area contributed by atoms with E-state index in [1.54, 1.807) is 4.90 Å². The molecule has 10 aromatic rings. The molecule has 0 spiro atoms. The van der Waals surface area contributed by atoms with Crippen LogP contribution in [0.25, 0.3) is 70.9 Å². The summed E-state index contributed by atoms with van der Waals surface area (Å²) in [6.45, 7) is 0. The highest BCUT2D eigenvalue weighted by atomic mass is 15.1. The smallest absolute Gasteiger partial charge is 0.0645 e. The Balaban J connectivity index is 1.17. The maximum atomic E-state index is 8.76. The van der Waals surface area contributed by atoms with E-state index in [4.69, 9.17) is 6.85 Å². The Kier molecular flexibility index (Phi) is 4.89. The van der Waals surface area contributed by atoms with Gasteiger partial charge in [0.1, 0.15) is 0 Å². The normalized spacial score (nSPS) is 13.2. The van der Waals surface area contributed by atoms with Crippen LogP contribution in [0.15, 0.2) is 182 Å². The zero-order valence-electron chi connectivity index (χ0n) is 30.8. The fourth-order valence-corrected chi connectivity index (χ4v) is 7.57. The van der Waals surface area contributed by atoms with Gasteiger partial charge in [0, 0.05) is 33.5 Å². The minimum absolute atomic E-state index is 0.109. The Morgan fingerprint density at radius 3 is 1.90 bits per heavy atom. The Morgan fingerprint density at radius 1 is 0.438 bits per heavy atom. The lowest BCUT2D eigenvalue weighted by molar-refractivity contribution is 1.18. The van der Waals surface area contributed by atoms with Crippen LogP contribution in [0.4, 0.5) is 17.1 Å². The molecule has 0 atom stereocenters. The highest BCUT2D eigenvalue weighted by Gasteiger charge is 2.20. The van der Waals surface area contributed by atoms with Crippen molar-refractivity contribution < 1.29 is 6.85 Å². The van der Waals surface area contributed by atoms with Crippen molar-refractivity contribution in [2.45, 2.75) is 0 Å². The van der Waals surface area contributed by atoms with Crippen molar-refractivity contribution >= 4 is 71.2 Å².